The highest BCUT2D eigenvalue weighted by Gasteiger charge is 2.30. The number of ether oxygens (including phenoxy) is 1. The number of halogens is 3. The summed E-state index contributed by atoms with van der Waals surface area (Å²) in [5, 5.41) is 13.2. The predicted molar refractivity (Wildman–Crippen MR) is 138 cm³/mol. The van der Waals surface area contributed by atoms with E-state index >= 15 is 0 Å². The summed E-state index contributed by atoms with van der Waals surface area (Å²) in [5.41, 5.74) is 1.78. The van der Waals surface area contributed by atoms with E-state index in [2.05, 4.69) is 10.0 Å². The molecule has 2 aromatic carbocycles. The van der Waals surface area contributed by atoms with Gasteiger partial charge in [0.1, 0.15) is 22.6 Å². The first kappa shape index (κ1) is 27.9. The van der Waals surface area contributed by atoms with Crippen LogP contribution < -0.4 is 14.8 Å². The molecule has 1 unspecified atom stereocenters. The summed E-state index contributed by atoms with van der Waals surface area (Å²) in [4.78, 5) is 12.0. The molecule has 4 rings (SSSR count). The largest absolute Gasteiger partial charge is 0.493 e. The van der Waals surface area contributed by atoms with Crippen LogP contribution in [-0.2, 0) is 17.4 Å². The van der Waals surface area contributed by atoms with Gasteiger partial charge in [0.15, 0.2) is 0 Å². The molecule has 6 nitrogen and oxygen atoms in total. The molecule has 1 aliphatic heterocycles. The van der Waals surface area contributed by atoms with Crippen LogP contribution in [-0.4, -0.2) is 47.8 Å². The molecular formula is C25H31Cl2FN2O4S. The van der Waals surface area contributed by atoms with E-state index in [-0.39, 0.29) is 12.2 Å². The maximum Gasteiger partial charge on any atom is 0.265 e. The standard InChI is InChI=1S/C17H23FN2O3S.C8H8Cl2O/c1-24(22)20-17(21)14-8-13(12-2-3-12)16(9-15(14)18)23-10-11-4-6-19-7-5-11;9-7-3-6(1-2-11)4-8(10)5-7/h8-9,11-12,19H,2-7,10H2,1H3,(H,20,21);3-5,11H,1-2H2. The van der Waals surface area contributed by atoms with Crippen LogP contribution in [0.4, 0.5) is 4.39 Å². The SMILES string of the molecule is CS(=O)NC(=O)c1cc(C2CC2)c(OCC2CCNCC2)cc1F.OCCc1cc(Cl)cc(Cl)c1. The van der Waals surface area contributed by atoms with E-state index < -0.39 is 22.7 Å². The molecule has 1 heterocycles. The topological polar surface area (TPSA) is 87.7 Å². The monoisotopic (exact) mass is 544 g/mol. The highest BCUT2D eigenvalue weighted by atomic mass is 35.5. The number of benzene rings is 2. The number of hydrogen-bond donors (Lipinski definition) is 3. The number of amides is 1. The van der Waals surface area contributed by atoms with Crippen molar-refractivity contribution in [3.63, 3.8) is 0 Å². The van der Waals surface area contributed by atoms with E-state index in [0.29, 0.717) is 40.7 Å². The Morgan fingerprint density at radius 3 is 2.37 bits per heavy atom. The van der Waals surface area contributed by atoms with Crippen molar-refractivity contribution in [3.05, 3.63) is 62.9 Å². The molecule has 0 spiro atoms. The number of nitrogens with one attached hydrogen (secondary N) is 2. The lowest BCUT2D eigenvalue weighted by Crippen LogP contribution is -2.30. The van der Waals surface area contributed by atoms with E-state index in [0.717, 1.165) is 49.9 Å². The maximum atomic E-state index is 14.3. The average molecular weight is 546 g/mol. The Morgan fingerprint density at radius 2 is 1.80 bits per heavy atom. The van der Waals surface area contributed by atoms with Gasteiger partial charge in [0.05, 0.1) is 12.2 Å². The van der Waals surface area contributed by atoms with Crippen LogP contribution >= 0.6 is 23.2 Å². The van der Waals surface area contributed by atoms with Gasteiger partial charge in [-0.1, -0.05) is 23.2 Å². The summed E-state index contributed by atoms with van der Waals surface area (Å²) in [6, 6.07) is 8.13. The molecule has 1 atom stereocenters. The summed E-state index contributed by atoms with van der Waals surface area (Å²) < 4.78 is 33.6. The zero-order valence-corrected chi connectivity index (χ0v) is 21.9. The number of hydrogen-bond acceptors (Lipinski definition) is 5. The third kappa shape index (κ3) is 9.03. The van der Waals surface area contributed by atoms with Crippen molar-refractivity contribution in [1.29, 1.82) is 0 Å². The summed E-state index contributed by atoms with van der Waals surface area (Å²) in [5.74, 6) is 0.0599. The minimum Gasteiger partial charge on any atom is -0.493 e. The quantitative estimate of drug-likeness (QED) is 0.450. The molecule has 1 amide bonds. The minimum atomic E-state index is -1.52. The van der Waals surface area contributed by atoms with Crippen LogP contribution in [0, 0.1) is 11.7 Å². The molecule has 0 bridgehead atoms. The Morgan fingerprint density at radius 1 is 1.14 bits per heavy atom. The van der Waals surface area contributed by atoms with Crippen molar-refractivity contribution >= 4 is 40.1 Å². The Labute approximate surface area is 218 Å². The number of piperidine rings is 1. The van der Waals surface area contributed by atoms with Gasteiger partial charge in [-0.25, -0.2) is 8.60 Å². The number of aliphatic hydroxyl groups excluding tert-OH is 1. The number of aliphatic hydroxyl groups is 1. The van der Waals surface area contributed by atoms with Crippen molar-refractivity contribution in [2.75, 3.05) is 32.6 Å². The molecule has 2 aromatic rings. The lowest BCUT2D eigenvalue weighted by atomic mass is 9.99. The molecule has 35 heavy (non-hydrogen) atoms. The van der Waals surface area contributed by atoms with Gasteiger partial charge in [-0.15, -0.1) is 0 Å². The van der Waals surface area contributed by atoms with E-state index in [1.54, 1.807) is 24.3 Å². The van der Waals surface area contributed by atoms with Crippen LogP contribution in [0.3, 0.4) is 0 Å². The van der Waals surface area contributed by atoms with Gasteiger partial charge >= 0.3 is 0 Å². The molecule has 0 aromatic heterocycles. The van der Waals surface area contributed by atoms with Gasteiger partial charge in [0.25, 0.3) is 5.91 Å². The van der Waals surface area contributed by atoms with Crippen LogP contribution in [0.5, 0.6) is 5.75 Å². The Hall–Kier alpha value is -1.71. The molecule has 1 aliphatic carbocycles. The summed E-state index contributed by atoms with van der Waals surface area (Å²) in [7, 11) is -1.52. The minimum absolute atomic E-state index is 0.0682. The molecule has 2 aliphatic rings. The van der Waals surface area contributed by atoms with Crippen molar-refractivity contribution in [2.24, 2.45) is 5.92 Å². The van der Waals surface area contributed by atoms with Crippen molar-refractivity contribution in [3.8, 4) is 5.75 Å². The number of carbonyl (C=O) groups is 1. The summed E-state index contributed by atoms with van der Waals surface area (Å²) in [6.45, 7) is 2.68. The Kier molecular flexibility index (Phi) is 10.8. The van der Waals surface area contributed by atoms with E-state index in [1.165, 1.54) is 12.3 Å². The van der Waals surface area contributed by atoms with Crippen LogP contribution in [0.1, 0.15) is 53.1 Å². The smallest absolute Gasteiger partial charge is 0.265 e. The zero-order chi connectivity index (χ0) is 25.4. The third-order valence-electron chi connectivity index (χ3n) is 5.85. The van der Waals surface area contributed by atoms with Crippen molar-refractivity contribution in [2.45, 2.75) is 38.0 Å². The molecule has 1 saturated heterocycles. The molecule has 192 valence electrons. The Bertz CT molecular complexity index is 1030. The number of rotatable bonds is 8. The molecular weight excluding hydrogens is 514 g/mol. The highest BCUT2D eigenvalue weighted by molar-refractivity contribution is 7.82. The summed E-state index contributed by atoms with van der Waals surface area (Å²) >= 11 is 11.4. The fourth-order valence-electron chi connectivity index (χ4n) is 3.91. The second-order valence-electron chi connectivity index (χ2n) is 8.79. The Balaban J connectivity index is 0.000000261. The number of carbonyl (C=O) groups excluding carboxylic acids is 1. The average Bonchev–Trinajstić information content (AvgIpc) is 3.63. The van der Waals surface area contributed by atoms with Crippen molar-refractivity contribution < 1.29 is 23.2 Å². The van der Waals surface area contributed by atoms with E-state index in [9.17, 15) is 13.4 Å². The van der Waals surface area contributed by atoms with Gasteiger partial charge in [-0.05, 0) is 92.4 Å². The molecule has 0 radical (unpaired) electrons. The molecule has 1 saturated carbocycles. The normalized spacial score (nSPS) is 16.7. The first-order valence-electron chi connectivity index (χ1n) is 11.6. The lowest BCUT2D eigenvalue weighted by molar-refractivity contribution is 0.0979. The molecule has 10 heteroatoms. The van der Waals surface area contributed by atoms with Crippen LogP contribution in [0.15, 0.2) is 30.3 Å². The predicted octanol–water partition coefficient (Wildman–Crippen LogP) is 4.63. The van der Waals surface area contributed by atoms with Gasteiger partial charge in [0.2, 0.25) is 0 Å². The first-order chi connectivity index (χ1) is 16.8. The fourth-order valence-corrected chi connectivity index (χ4v) is 4.85. The molecule has 2 fully saturated rings. The van der Waals surface area contributed by atoms with Crippen molar-refractivity contribution in [1.82, 2.24) is 10.0 Å². The van der Waals surface area contributed by atoms with Gasteiger partial charge in [-0.2, -0.15) is 0 Å². The van der Waals surface area contributed by atoms with Crippen LogP contribution in [0.25, 0.3) is 0 Å². The van der Waals surface area contributed by atoms with E-state index in [1.807, 2.05) is 0 Å². The maximum absolute atomic E-state index is 14.3. The second-order valence-corrected chi connectivity index (χ2v) is 10.8. The molecule has 3 N–H and O–H groups in total. The highest BCUT2D eigenvalue weighted by Crippen LogP contribution is 2.45. The van der Waals surface area contributed by atoms with Gasteiger partial charge in [0, 0.05) is 29.0 Å². The fraction of sp³-hybridized carbons (Fsp3) is 0.480. The van der Waals surface area contributed by atoms with Gasteiger partial charge < -0.3 is 15.2 Å². The summed E-state index contributed by atoms with van der Waals surface area (Å²) in [6.07, 6.45) is 6.11. The first-order valence-corrected chi connectivity index (χ1v) is 14.0. The van der Waals surface area contributed by atoms with Gasteiger partial charge in [-0.3, -0.25) is 9.52 Å². The second kappa shape index (κ2) is 13.6. The zero-order valence-electron chi connectivity index (χ0n) is 19.6. The third-order valence-corrected chi connectivity index (χ3v) is 6.76. The van der Waals surface area contributed by atoms with E-state index in [4.69, 9.17) is 33.0 Å². The lowest BCUT2D eigenvalue weighted by Gasteiger charge is -2.23. The van der Waals surface area contributed by atoms with Crippen LogP contribution in [0.2, 0.25) is 10.0 Å².